The van der Waals surface area contributed by atoms with Crippen LogP contribution in [0, 0.1) is 5.82 Å². The molecule has 5 aromatic rings. The summed E-state index contributed by atoms with van der Waals surface area (Å²) in [6, 6.07) is 15.8. The molecule has 5 rings (SSSR count). The Labute approximate surface area is 245 Å². The maximum Gasteiger partial charge on any atom is 0.331 e. The van der Waals surface area contributed by atoms with Crippen LogP contribution in [-0.2, 0) is 31.9 Å². The molecule has 2 heterocycles. The number of aromatic nitrogens is 4. The van der Waals surface area contributed by atoms with Crippen LogP contribution < -0.4 is 5.32 Å². The molecule has 0 aliphatic rings. The van der Waals surface area contributed by atoms with E-state index in [4.69, 9.17) is 9.47 Å². The van der Waals surface area contributed by atoms with Gasteiger partial charge < -0.3 is 24.9 Å². The Hall–Kier alpha value is -5.52. The number of hydrogen-bond acceptors (Lipinski definition) is 8. The van der Waals surface area contributed by atoms with Crippen LogP contribution in [0.25, 0.3) is 22.2 Å². The molecule has 0 saturated carbocycles. The van der Waals surface area contributed by atoms with Gasteiger partial charge in [-0.3, -0.25) is 4.79 Å². The lowest BCUT2D eigenvalue weighted by atomic mass is 10.0. The number of aromatic hydroxyl groups is 1. The smallest absolute Gasteiger partial charge is 0.331 e. The van der Waals surface area contributed by atoms with Crippen LogP contribution in [0.3, 0.4) is 0 Å². The molecule has 0 unspecified atom stereocenters. The largest absolute Gasteiger partial charge is 0.508 e. The van der Waals surface area contributed by atoms with Gasteiger partial charge in [0.25, 0.3) is 5.91 Å². The lowest BCUT2D eigenvalue weighted by Crippen LogP contribution is -2.43. The van der Waals surface area contributed by atoms with Gasteiger partial charge in [-0.05, 0) is 41.5 Å². The second-order valence-corrected chi connectivity index (χ2v) is 9.80. The molecule has 2 atom stereocenters. The molecule has 0 spiro atoms. The number of ether oxygens (including phenoxy) is 2. The third-order valence-corrected chi connectivity index (χ3v) is 7.07. The van der Waals surface area contributed by atoms with Crippen molar-refractivity contribution in [3.8, 4) is 17.0 Å². The number of amides is 1. The lowest BCUT2D eigenvalue weighted by molar-refractivity contribution is -0.145. The summed E-state index contributed by atoms with van der Waals surface area (Å²) in [5.74, 6) is -2.83. The van der Waals surface area contributed by atoms with E-state index in [9.17, 15) is 19.5 Å². The van der Waals surface area contributed by atoms with Crippen molar-refractivity contribution in [3.63, 3.8) is 0 Å². The summed E-state index contributed by atoms with van der Waals surface area (Å²) < 4.78 is 26.4. The van der Waals surface area contributed by atoms with Crippen molar-refractivity contribution in [1.82, 2.24) is 25.3 Å². The summed E-state index contributed by atoms with van der Waals surface area (Å²) in [6.45, 7) is 0. The minimum absolute atomic E-state index is 0.0553. The van der Waals surface area contributed by atoms with Gasteiger partial charge in [0, 0.05) is 35.5 Å². The number of phenolic OH excluding ortho intramolecular Hbond substituents is 1. The number of phenols is 1. The number of carbonyl (C=O) groups excluding carboxylic acids is 3. The SMILES string of the molecule is COC(=O)[C@H](Cc1ccc(O)cc1)NC(=O)c1ccc(-c2cn([C@H](Cc3c[nH]c4ccccc34)C(=O)OC)nn2)cc1F. The number of para-hydroxylation sites is 1. The van der Waals surface area contributed by atoms with E-state index in [0.29, 0.717) is 11.1 Å². The van der Waals surface area contributed by atoms with Crippen LogP contribution in [-0.4, -0.2) is 63.2 Å². The Balaban J connectivity index is 1.34. The summed E-state index contributed by atoms with van der Waals surface area (Å²) in [6.07, 6.45) is 3.68. The van der Waals surface area contributed by atoms with E-state index in [1.807, 2.05) is 30.5 Å². The molecule has 3 N–H and O–H groups in total. The number of carbonyl (C=O) groups is 3. The number of esters is 2. The zero-order chi connectivity index (χ0) is 30.5. The van der Waals surface area contributed by atoms with Crippen LogP contribution in [0.1, 0.15) is 27.5 Å². The molecule has 12 heteroatoms. The molecule has 11 nitrogen and oxygen atoms in total. The van der Waals surface area contributed by atoms with Gasteiger partial charge in [0.15, 0.2) is 6.04 Å². The number of H-pyrrole nitrogens is 1. The van der Waals surface area contributed by atoms with Gasteiger partial charge in [-0.1, -0.05) is 41.6 Å². The first kappa shape index (κ1) is 29.0. The number of aromatic amines is 1. The third-order valence-electron chi connectivity index (χ3n) is 7.07. The van der Waals surface area contributed by atoms with Crippen LogP contribution >= 0.6 is 0 Å². The maximum atomic E-state index is 15.2. The van der Waals surface area contributed by atoms with Gasteiger partial charge >= 0.3 is 11.9 Å². The minimum Gasteiger partial charge on any atom is -0.508 e. The molecule has 2 aromatic heterocycles. The second kappa shape index (κ2) is 12.6. The Morgan fingerprint density at radius 3 is 2.47 bits per heavy atom. The zero-order valence-corrected chi connectivity index (χ0v) is 23.3. The number of benzene rings is 3. The summed E-state index contributed by atoms with van der Waals surface area (Å²) in [7, 11) is 2.48. The van der Waals surface area contributed by atoms with Gasteiger partial charge in [-0.2, -0.15) is 0 Å². The van der Waals surface area contributed by atoms with E-state index in [-0.39, 0.29) is 29.8 Å². The van der Waals surface area contributed by atoms with E-state index in [1.165, 1.54) is 49.4 Å². The summed E-state index contributed by atoms with van der Waals surface area (Å²) in [4.78, 5) is 41.2. The number of rotatable bonds is 10. The number of hydrogen-bond donors (Lipinski definition) is 3. The first-order chi connectivity index (χ1) is 20.8. The zero-order valence-electron chi connectivity index (χ0n) is 23.3. The Bertz CT molecular complexity index is 1780. The van der Waals surface area contributed by atoms with Gasteiger partial charge in [0.2, 0.25) is 0 Å². The standard InChI is InChI=1S/C31H28FN5O6/c1-42-30(40)26(13-18-7-10-21(38)11-8-18)34-29(39)23-12-9-19(14-24(23)32)27-17-37(36-35-27)28(31(41)43-2)15-20-16-33-25-6-4-3-5-22(20)25/h3-12,14,16-17,26,28,33,38H,13,15H2,1-2H3,(H,34,39)/t26-,28+/m0/s1. The first-order valence-corrected chi connectivity index (χ1v) is 13.3. The van der Waals surface area contributed by atoms with E-state index < -0.39 is 35.7 Å². The van der Waals surface area contributed by atoms with Crippen LogP contribution in [0.4, 0.5) is 4.39 Å². The van der Waals surface area contributed by atoms with Crippen molar-refractivity contribution in [3.05, 3.63) is 102 Å². The fourth-order valence-corrected chi connectivity index (χ4v) is 4.79. The molecular weight excluding hydrogens is 557 g/mol. The molecule has 0 aliphatic carbocycles. The Morgan fingerprint density at radius 1 is 1.00 bits per heavy atom. The van der Waals surface area contributed by atoms with Crippen molar-refractivity contribution in [1.29, 1.82) is 0 Å². The summed E-state index contributed by atoms with van der Waals surface area (Å²) >= 11 is 0. The van der Waals surface area contributed by atoms with Gasteiger partial charge in [-0.15, -0.1) is 5.10 Å². The van der Waals surface area contributed by atoms with Crippen LogP contribution in [0.15, 0.2) is 79.1 Å². The number of fused-ring (bicyclic) bond motifs is 1. The van der Waals surface area contributed by atoms with Crippen molar-refractivity contribution >= 4 is 28.7 Å². The summed E-state index contributed by atoms with van der Waals surface area (Å²) in [5.41, 5.74) is 2.78. The first-order valence-electron chi connectivity index (χ1n) is 13.3. The predicted octanol–water partition coefficient (Wildman–Crippen LogP) is 3.74. The predicted molar refractivity (Wildman–Crippen MR) is 154 cm³/mol. The number of methoxy groups -OCH3 is 2. The fourth-order valence-electron chi connectivity index (χ4n) is 4.79. The number of halogens is 1. The maximum absolute atomic E-state index is 15.2. The highest BCUT2D eigenvalue weighted by Gasteiger charge is 2.27. The molecule has 0 bridgehead atoms. The van der Waals surface area contributed by atoms with E-state index in [2.05, 4.69) is 20.6 Å². The van der Waals surface area contributed by atoms with Crippen LogP contribution in [0.5, 0.6) is 5.75 Å². The molecule has 0 aliphatic heterocycles. The van der Waals surface area contributed by atoms with E-state index >= 15 is 4.39 Å². The Morgan fingerprint density at radius 2 is 1.74 bits per heavy atom. The Kier molecular flexibility index (Phi) is 8.46. The highest BCUT2D eigenvalue weighted by atomic mass is 19.1. The number of nitrogens with zero attached hydrogens (tertiary/aromatic N) is 3. The van der Waals surface area contributed by atoms with Crippen molar-refractivity contribution < 1.29 is 33.4 Å². The molecule has 220 valence electrons. The average molecular weight is 586 g/mol. The lowest BCUT2D eigenvalue weighted by Gasteiger charge is -2.17. The van der Waals surface area contributed by atoms with Crippen molar-refractivity contribution in [2.75, 3.05) is 14.2 Å². The second-order valence-electron chi connectivity index (χ2n) is 9.80. The molecule has 0 fully saturated rings. The molecule has 3 aromatic carbocycles. The quantitative estimate of drug-likeness (QED) is 0.210. The topological polar surface area (TPSA) is 148 Å². The van der Waals surface area contributed by atoms with Gasteiger partial charge in [0.05, 0.1) is 26.0 Å². The highest BCUT2D eigenvalue weighted by Crippen LogP contribution is 2.26. The minimum atomic E-state index is -1.09. The highest BCUT2D eigenvalue weighted by molar-refractivity contribution is 5.97. The van der Waals surface area contributed by atoms with Crippen molar-refractivity contribution in [2.45, 2.75) is 24.9 Å². The monoisotopic (exact) mass is 585 g/mol. The molecule has 43 heavy (non-hydrogen) atoms. The van der Waals surface area contributed by atoms with E-state index in [1.54, 1.807) is 12.1 Å². The van der Waals surface area contributed by atoms with Crippen molar-refractivity contribution in [2.24, 2.45) is 0 Å². The fraction of sp³-hybridized carbons (Fsp3) is 0.194. The number of nitrogens with one attached hydrogen (secondary N) is 2. The molecule has 0 radical (unpaired) electrons. The normalized spacial score (nSPS) is 12.4. The third kappa shape index (κ3) is 6.38. The average Bonchev–Trinajstić information content (AvgIpc) is 3.67. The summed E-state index contributed by atoms with van der Waals surface area (Å²) in [5, 5.41) is 21.2. The van der Waals surface area contributed by atoms with Gasteiger partial charge in [0.1, 0.15) is 23.3 Å². The van der Waals surface area contributed by atoms with Crippen LogP contribution in [0.2, 0.25) is 0 Å². The van der Waals surface area contributed by atoms with Gasteiger partial charge in [-0.25, -0.2) is 18.7 Å². The molecule has 0 saturated heterocycles. The molecule has 1 amide bonds. The molecular formula is C31H28FN5O6. The van der Waals surface area contributed by atoms with E-state index in [0.717, 1.165) is 22.5 Å².